The van der Waals surface area contributed by atoms with Crippen LogP contribution in [-0.4, -0.2) is 23.9 Å². The van der Waals surface area contributed by atoms with E-state index in [2.05, 4.69) is 15.6 Å². The maximum Gasteiger partial charge on any atom is 0.257 e. The van der Waals surface area contributed by atoms with Gasteiger partial charge in [0.15, 0.2) is 0 Å². The van der Waals surface area contributed by atoms with Gasteiger partial charge in [0, 0.05) is 24.6 Å². The molecule has 3 aromatic rings. The minimum atomic E-state index is -0.309. The Kier molecular flexibility index (Phi) is 6.24. The van der Waals surface area contributed by atoms with E-state index in [1.807, 2.05) is 56.3 Å². The fourth-order valence-electron chi connectivity index (χ4n) is 2.78. The van der Waals surface area contributed by atoms with Crippen LogP contribution in [0.1, 0.15) is 37.4 Å². The van der Waals surface area contributed by atoms with Crippen molar-refractivity contribution in [3.05, 3.63) is 88.7 Å². The van der Waals surface area contributed by atoms with E-state index < -0.39 is 0 Å². The van der Waals surface area contributed by atoms with E-state index in [4.69, 9.17) is 4.74 Å². The largest absolute Gasteiger partial charge is 0.497 e. The third-order valence-electron chi connectivity index (χ3n) is 4.52. The predicted octanol–water partition coefficient (Wildman–Crippen LogP) is 3.89. The SMILES string of the molecule is COc1ccc(CNC(=O)c2cncc(C(=O)Nc3cc(C)ccc3C)c2)cc1. The van der Waals surface area contributed by atoms with Crippen LogP contribution in [0.3, 0.4) is 0 Å². The average Bonchev–Trinajstić information content (AvgIpc) is 2.75. The monoisotopic (exact) mass is 389 g/mol. The number of hydrogen-bond donors (Lipinski definition) is 2. The molecule has 0 bridgehead atoms. The van der Waals surface area contributed by atoms with Crippen LogP contribution < -0.4 is 15.4 Å². The number of aryl methyl sites for hydroxylation is 2. The lowest BCUT2D eigenvalue weighted by Crippen LogP contribution is -2.23. The molecule has 0 spiro atoms. The van der Waals surface area contributed by atoms with Crippen LogP contribution >= 0.6 is 0 Å². The van der Waals surface area contributed by atoms with Crippen molar-refractivity contribution in [1.82, 2.24) is 10.3 Å². The number of nitrogens with zero attached hydrogens (tertiary/aromatic N) is 1. The van der Waals surface area contributed by atoms with Crippen LogP contribution in [-0.2, 0) is 6.54 Å². The zero-order chi connectivity index (χ0) is 20.8. The van der Waals surface area contributed by atoms with Gasteiger partial charge in [-0.3, -0.25) is 14.6 Å². The van der Waals surface area contributed by atoms with Crippen LogP contribution in [0.25, 0.3) is 0 Å². The first-order chi connectivity index (χ1) is 14.0. The number of benzene rings is 2. The van der Waals surface area contributed by atoms with Crippen LogP contribution in [0.15, 0.2) is 60.9 Å². The molecule has 0 saturated heterocycles. The highest BCUT2D eigenvalue weighted by molar-refractivity contribution is 6.06. The summed E-state index contributed by atoms with van der Waals surface area (Å²) >= 11 is 0. The first kappa shape index (κ1) is 20.1. The number of amides is 2. The average molecular weight is 389 g/mol. The van der Waals surface area contributed by atoms with Crippen molar-refractivity contribution in [2.24, 2.45) is 0 Å². The molecule has 2 N–H and O–H groups in total. The second kappa shape index (κ2) is 9.01. The molecule has 0 unspecified atom stereocenters. The quantitative estimate of drug-likeness (QED) is 0.670. The van der Waals surface area contributed by atoms with Crippen molar-refractivity contribution in [3.63, 3.8) is 0 Å². The topological polar surface area (TPSA) is 80.3 Å². The lowest BCUT2D eigenvalue weighted by Gasteiger charge is -2.10. The van der Waals surface area contributed by atoms with Gasteiger partial charge in [-0.25, -0.2) is 0 Å². The molecular formula is C23H23N3O3. The molecule has 6 heteroatoms. The van der Waals surface area contributed by atoms with Gasteiger partial charge in [-0.15, -0.1) is 0 Å². The summed E-state index contributed by atoms with van der Waals surface area (Å²) in [5, 5.41) is 5.71. The predicted molar refractivity (Wildman–Crippen MR) is 112 cm³/mol. The number of anilines is 1. The summed E-state index contributed by atoms with van der Waals surface area (Å²) in [4.78, 5) is 29.1. The zero-order valence-corrected chi connectivity index (χ0v) is 16.7. The molecule has 148 valence electrons. The molecule has 2 amide bonds. The molecule has 29 heavy (non-hydrogen) atoms. The Morgan fingerprint density at radius 3 is 2.31 bits per heavy atom. The summed E-state index contributed by atoms with van der Waals surface area (Å²) in [7, 11) is 1.60. The van der Waals surface area contributed by atoms with E-state index in [9.17, 15) is 9.59 Å². The summed E-state index contributed by atoms with van der Waals surface area (Å²) in [6.07, 6.45) is 2.89. The molecule has 1 aromatic heterocycles. The maximum atomic E-state index is 12.6. The van der Waals surface area contributed by atoms with Gasteiger partial charge in [0.25, 0.3) is 11.8 Å². The number of pyridine rings is 1. The van der Waals surface area contributed by atoms with Crippen molar-refractivity contribution in [2.75, 3.05) is 12.4 Å². The number of ether oxygens (including phenoxy) is 1. The first-order valence-corrected chi connectivity index (χ1v) is 9.21. The minimum absolute atomic E-state index is 0.297. The third-order valence-corrected chi connectivity index (χ3v) is 4.52. The second-order valence-electron chi connectivity index (χ2n) is 6.77. The molecule has 3 rings (SSSR count). The van der Waals surface area contributed by atoms with E-state index in [-0.39, 0.29) is 11.8 Å². The minimum Gasteiger partial charge on any atom is -0.497 e. The lowest BCUT2D eigenvalue weighted by atomic mass is 10.1. The van der Waals surface area contributed by atoms with Crippen LogP contribution in [0.4, 0.5) is 5.69 Å². The molecule has 1 heterocycles. The van der Waals surface area contributed by atoms with E-state index in [0.29, 0.717) is 17.7 Å². The van der Waals surface area contributed by atoms with Crippen molar-refractivity contribution < 1.29 is 14.3 Å². The number of carbonyl (C=O) groups is 2. The van der Waals surface area contributed by atoms with Gasteiger partial charge in [0.1, 0.15) is 5.75 Å². The van der Waals surface area contributed by atoms with Crippen LogP contribution in [0, 0.1) is 13.8 Å². The van der Waals surface area contributed by atoms with Gasteiger partial charge < -0.3 is 15.4 Å². The van der Waals surface area contributed by atoms with Crippen LogP contribution in [0.5, 0.6) is 5.75 Å². The molecule has 0 aliphatic carbocycles. The van der Waals surface area contributed by atoms with Gasteiger partial charge in [-0.1, -0.05) is 24.3 Å². The first-order valence-electron chi connectivity index (χ1n) is 9.21. The lowest BCUT2D eigenvalue weighted by molar-refractivity contribution is 0.0950. The molecule has 0 radical (unpaired) electrons. The Labute approximate surface area is 169 Å². The molecule has 2 aromatic carbocycles. The highest BCUT2D eigenvalue weighted by Gasteiger charge is 2.12. The van der Waals surface area contributed by atoms with E-state index in [1.165, 1.54) is 18.5 Å². The molecular weight excluding hydrogens is 366 g/mol. The second-order valence-corrected chi connectivity index (χ2v) is 6.77. The van der Waals surface area contributed by atoms with Gasteiger partial charge in [-0.2, -0.15) is 0 Å². The summed E-state index contributed by atoms with van der Waals surface area (Å²) < 4.78 is 5.12. The number of carbonyl (C=O) groups excluding carboxylic acids is 2. The highest BCUT2D eigenvalue weighted by Crippen LogP contribution is 2.17. The fourth-order valence-corrected chi connectivity index (χ4v) is 2.78. The Hall–Kier alpha value is -3.67. The van der Waals surface area contributed by atoms with Crippen molar-refractivity contribution in [2.45, 2.75) is 20.4 Å². The Bertz CT molecular complexity index is 1030. The van der Waals surface area contributed by atoms with Crippen molar-refractivity contribution >= 4 is 17.5 Å². The van der Waals surface area contributed by atoms with Gasteiger partial charge in [0.05, 0.1) is 18.2 Å². The number of rotatable bonds is 6. The standard InChI is InChI=1S/C23H23N3O3/c1-15-4-5-16(2)21(10-15)26-23(28)19-11-18(13-24-14-19)22(27)25-12-17-6-8-20(29-3)9-7-17/h4-11,13-14H,12H2,1-3H3,(H,25,27)(H,26,28). The summed E-state index contributed by atoms with van der Waals surface area (Å²) in [5.41, 5.74) is 4.34. The van der Waals surface area contributed by atoms with E-state index in [1.54, 1.807) is 7.11 Å². The summed E-state index contributed by atoms with van der Waals surface area (Å²) in [6.45, 7) is 4.25. The Morgan fingerprint density at radius 2 is 1.62 bits per heavy atom. The number of hydrogen-bond acceptors (Lipinski definition) is 4. The van der Waals surface area contributed by atoms with Crippen molar-refractivity contribution in [1.29, 1.82) is 0 Å². The number of aromatic nitrogens is 1. The van der Waals surface area contributed by atoms with Crippen LogP contribution in [0.2, 0.25) is 0 Å². The molecule has 0 aliphatic heterocycles. The number of methoxy groups -OCH3 is 1. The Morgan fingerprint density at radius 1 is 0.931 bits per heavy atom. The highest BCUT2D eigenvalue weighted by atomic mass is 16.5. The molecule has 6 nitrogen and oxygen atoms in total. The molecule has 0 atom stereocenters. The summed E-state index contributed by atoms with van der Waals surface area (Å²) in [6, 6.07) is 14.8. The summed E-state index contributed by atoms with van der Waals surface area (Å²) in [5.74, 6) is 0.151. The zero-order valence-electron chi connectivity index (χ0n) is 16.7. The smallest absolute Gasteiger partial charge is 0.257 e. The molecule has 0 aliphatic rings. The maximum absolute atomic E-state index is 12.6. The van der Waals surface area contributed by atoms with Gasteiger partial charge in [-0.05, 0) is 54.8 Å². The fraction of sp³-hybridized carbons (Fsp3) is 0.174. The molecule has 0 saturated carbocycles. The molecule has 0 fully saturated rings. The Balaban J connectivity index is 1.66. The van der Waals surface area contributed by atoms with Crippen molar-refractivity contribution in [3.8, 4) is 5.75 Å². The van der Waals surface area contributed by atoms with E-state index in [0.717, 1.165) is 28.1 Å². The third kappa shape index (κ3) is 5.19. The normalized spacial score (nSPS) is 10.3. The van der Waals surface area contributed by atoms with Gasteiger partial charge in [0.2, 0.25) is 0 Å². The van der Waals surface area contributed by atoms with E-state index >= 15 is 0 Å². The number of nitrogens with one attached hydrogen (secondary N) is 2. The van der Waals surface area contributed by atoms with Gasteiger partial charge >= 0.3 is 0 Å².